The second-order valence-corrected chi connectivity index (χ2v) is 5.59. The smallest absolute Gasteiger partial charge is 0.408 e. The van der Waals surface area contributed by atoms with E-state index in [1.807, 2.05) is 0 Å². The van der Waals surface area contributed by atoms with Crippen LogP contribution in [0.15, 0.2) is 18.2 Å². The Balaban J connectivity index is 2.15. The van der Waals surface area contributed by atoms with Crippen LogP contribution < -0.4 is 10.5 Å². The van der Waals surface area contributed by atoms with Crippen molar-refractivity contribution in [3.63, 3.8) is 0 Å². The van der Waals surface area contributed by atoms with Gasteiger partial charge < -0.3 is 15.4 Å². The van der Waals surface area contributed by atoms with Gasteiger partial charge in [-0.05, 0) is 30.5 Å². The summed E-state index contributed by atoms with van der Waals surface area (Å²) in [5, 5.41) is 0. The van der Waals surface area contributed by atoms with Crippen LogP contribution in [0.2, 0.25) is 0 Å². The number of benzene rings is 1. The monoisotopic (exact) mass is 334 g/mol. The Labute approximate surface area is 131 Å². The second-order valence-electron chi connectivity index (χ2n) is 5.59. The van der Waals surface area contributed by atoms with Crippen LogP contribution in [0, 0.1) is 5.82 Å². The van der Waals surface area contributed by atoms with Crippen LogP contribution in [0.4, 0.5) is 17.6 Å². The molecule has 2 N–H and O–H groups in total. The number of hydrogen-bond donors (Lipinski definition) is 1. The van der Waals surface area contributed by atoms with E-state index < -0.39 is 30.0 Å². The van der Waals surface area contributed by atoms with Gasteiger partial charge in [0.2, 0.25) is 5.91 Å². The predicted molar refractivity (Wildman–Crippen MR) is 75.4 cm³/mol. The van der Waals surface area contributed by atoms with E-state index in [-0.39, 0.29) is 37.1 Å². The number of carbonyl (C=O) groups excluding carboxylic acids is 1. The zero-order valence-electron chi connectivity index (χ0n) is 12.6. The molecule has 0 saturated carbocycles. The number of carbonyl (C=O) groups is 1. The fourth-order valence-corrected chi connectivity index (χ4v) is 2.71. The molecule has 1 aromatic rings. The second kappa shape index (κ2) is 6.74. The molecule has 8 heteroatoms. The molecule has 2 atom stereocenters. The summed E-state index contributed by atoms with van der Waals surface area (Å²) in [5.74, 6) is -1.37. The molecule has 0 unspecified atom stereocenters. The first-order valence-corrected chi connectivity index (χ1v) is 7.16. The first-order chi connectivity index (χ1) is 10.7. The van der Waals surface area contributed by atoms with Crippen LogP contribution in [-0.4, -0.2) is 42.7 Å². The van der Waals surface area contributed by atoms with Crippen LogP contribution in [0.5, 0.6) is 5.75 Å². The van der Waals surface area contributed by atoms with Gasteiger partial charge in [-0.3, -0.25) is 4.79 Å². The topological polar surface area (TPSA) is 55.6 Å². The third-order valence-electron chi connectivity index (χ3n) is 3.89. The molecule has 1 heterocycles. The minimum atomic E-state index is -4.50. The van der Waals surface area contributed by atoms with E-state index >= 15 is 0 Å². The number of nitrogens with two attached hydrogens (primary N) is 1. The lowest BCUT2D eigenvalue weighted by atomic mass is 9.97. The number of methoxy groups -OCH3 is 1. The average Bonchev–Trinajstić information content (AvgIpc) is 2.46. The van der Waals surface area contributed by atoms with Crippen LogP contribution in [-0.2, 0) is 11.2 Å². The number of ether oxygens (including phenoxy) is 1. The largest absolute Gasteiger partial charge is 0.494 e. The van der Waals surface area contributed by atoms with Gasteiger partial charge in [0.25, 0.3) is 0 Å². The summed E-state index contributed by atoms with van der Waals surface area (Å²) in [6.07, 6.45) is -4.82. The molecule has 128 valence electrons. The quantitative estimate of drug-likeness (QED) is 0.863. The molecule has 1 fully saturated rings. The Morgan fingerprint density at radius 1 is 1.39 bits per heavy atom. The van der Waals surface area contributed by atoms with Crippen molar-refractivity contribution in [1.82, 2.24) is 4.90 Å². The fourth-order valence-electron chi connectivity index (χ4n) is 2.71. The molecule has 4 nitrogen and oxygen atoms in total. The highest BCUT2D eigenvalue weighted by Crippen LogP contribution is 2.32. The maximum Gasteiger partial charge on any atom is 0.408 e. The lowest BCUT2D eigenvalue weighted by Crippen LogP contribution is -2.57. The molecule has 2 rings (SSSR count). The zero-order chi connectivity index (χ0) is 17.2. The Hall–Kier alpha value is -1.83. The number of amides is 1. The van der Waals surface area contributed by atoms with Gasteiger partial charge in [0.05, 0.1) is 13.5 Å². The van der Waals surface area contributed by atoms with E-state index in [1.54, 1.807) is 0 Å². The standard InChI is InChI=1S/C15H18F4N2O2/c1-23-12-4-2-9(6-11(12)16)7-14(22)21-8-10(20)3-5-13(21)15(17,18)19/h2,4,6,10,13H,3,5,7-8,20H2,1H3/t10-,13+/m0/s1. The van der Waals surface area contributed by atoms with Gasteiger partial charge in [0, 0.05) is 12.6 Å². The van der Waals surface area contributed by atoms with Crippen molar-refractivity contribution < 1.29 is 27.1 Å². The number of rotatable bonds is 3. The first-order valence-electron chi connectivity index (χ1n) is 7.16. The number of hydrogen-bond acceptors (Lipinski definition) is 3. The SMILES string of the molecule is COc1ccc(CC(=O)N2C[C@@H](N)CC[C@@H]2C(F)(F)F)cc1F. The van der Waals surface area contributed by atoms with Gasteiger partial charge in [-0.25, -0.2) is 4.39 Å². The minimum absolute atomic E-state index is 0.00867. The Bertz CT molecular complexity index is 577. The summed E-state index contributed by atoms with van der Waals surface area (Å²) in [5.41, 5.74) is 5.97. The third-order valence-corrected chi connectivity index (χ3v) is 3.89. The fraction of sp³-hybridized carbons (Fsp3) is 0.533. The van der Waals surface area contributed by atoms with Crippen LogP contribution in [0.1, 0.15) is 18.4 Å². The number of alkyl halides is 3. The number of likely N-dealkylation sites (tertiary alicyclic amines) is 1. The molecular formula is C15H18F4N2O2. The number of halogens is 4. The highest BCUT2D eigenvalue weighted by Gasteiger charge is 2.47. The van der Waals surface area contributed by atoms with Crippen molar-refractivity contribution >= 4 is 5.91 Å². The van der Waals surface area contributed by atoms with Crippen LogP contribution >= 0.6 is 0 Å². The minimum Gasteiger partial charge on any atom is -0.494 e. The maximum atomic E-state index is 13.6. The number of nitrogens with zero attached hydrogens (tertiary/aromatic N) is 1. The highest BCUT2D eigenvalue weighted by atomic mass is 19.4. The van der Waals surface area contributed by atoms with Gasteiger partial charge in [-0.2, -0.15) is 13.2 Å². The Kier molecular flexibility index (Phi) is 5.13. The summed E-state index contributed by atoms with van der Waals surface area (Å²) in [4.78, 5) is 13.0. The van der Waals surface area contributed by atoms with Crippen molar-refractivity contribution in [1.29, 1.82) is 0 Å². The lowest BCUT2D eigenvalue weighted by molar-refractivity contribution is -0.196. The van der Waals surface area contributed by atoms with Crippen molar-refractivity contribution in [2.75, 3.05) is 13.7 Å². The van der Waals surface area contributed by atoms with Crippen LogP contribution in [0.3, 0.4) is 0 Å². The van der Waals surface area contributed by atoms with E-state index in [4.69, 9.17) is 10.5 Å². The summed E-state index contributed by atoms with van der Waals surface area (Å²) >= 11 is 0. The van der Waals surface area contributed by atoms with Gasteiger partial charge in [-0.15, -0.1) is 0 Å². The van der Waals surface area contributed by atoms with Crippen LogP contribution in [0.25, 0.3) is 0 Å². The summed E-state index contributed by atoms with van der Waals surface area (Å²) in [6, 6.07) is 1.56. The summed E-state index contributed by atoms with van der Waals surface area (Å²) in [6.45, 7) is -0.151. The third kappa shape index (κ3) is 4.13. The molecule has 0 radical (unpaired) electrons. The van der Waals surface area contributed by atoms with Gasteiger partial charge in [-0.1, -0.05) is 6.07 Å². The molecule has 1 aliphatic heterocycles. The molecule has 1 aliphatic rings. The molecule has 0 spiro atoms. The van der Waals surface area contributed by atoms with Crippen molar-refractivity contribution in [3.8, 4) is 5.75 Å². The van der Waals surface area contributed by atoms with E-state index in [9.17, 15) is 22.4 Å². The Morgan fingerprint density at radius 2 is 2.09 bits per heavy atom. The lowest BCUT2D eigenvalue weighted by Gasteiger charge is -2.39. The summed E-state index contributed by atoms with van der Waals surface area (Å²) in [7, 11) is 1.30. The Morgan fingerprint density at radius 3 is 2.65 bits per heavy atom. The molecule has 0 bridgehead atoms. The molecule has 0 aliphatic carbocycles. The maximum absolute atomic E-state index is 13.6. The molecule has 1 amide bonds. The average molecular weight is 334 g/mol. The summed E-state index contributed by atoms with van der Waals surface area (Å²) < 4.78 is 57.6. The predicted octanol–water partition coefficient (Wildman–Crippen LogP) is 2.26. The zero-order valence-corrected chi connectivity index (χ0v) is 12.6. The molecule has 23 heavy (non-hydrogen) atoms. The number of piperidine rings is 1. The van der Waals surface area contributed by atoms with Gasteiger partial charge in [0.15, 0.2) is 11.6 Å². The van der Waals surface area contributed by atoms with E-state index in [2.05, 4.69) is 0 Å². The van der Waals surface area contributed by atoms with E-state index in [0.29, 0.717) is 0 Å². The van der Waals surface area contributed by atoms with E-state index in [0.717, 1.165) is 11.0 Å². The van der Waals surface area contributed by atoms with Gasteiger partial charge >= 0.3 is 6.18 Å². The molecular weight excluding hydrogens is 316 g/mol. The van der Waals surface area contributed by atoms with Crippen molar-refractivity contribution in [3.05, 3.63) is 29.6 Å². The normalized spacial score (nSPS) is 22.1. The van der Waals surface area contributed by atoms with Gasteiger partial charge in [0.1, 0.15) is 6.04 Å². The highest BCUT2D eigenvalue weighted by molar-refractivity contribution is 5.79. The van der Waals surface area contributed by atoms with E-state index in [1.165, 1.54) is 19.2 Å². The van der Waals surface area contributed by atoms with Crippen molar-refractivity contribution in [2.45, 2.75) is 37.5 Å². The molecule has 1 aromatic carbocycles. The first kappa shape index (κ1) is 17.5. The molecule has 1 saturated heterocycles. The molecule has 0 aromatic heterocycles. The van der Waals surface area contributed by atoms with Crippen molar-refractivity contribution in [2.24, 2.45) is 5.73 Å².